The molecule has 0 spiro atoms. The Morgan fingerprint density at radius 3 is 2.52 bits per heavy atom. The van der Waals surface area contributed by atoms with Crippen LogP contribution in [0.5, 0.6) is 0 Å². The van der Waals surface area contributed by atoms with Crippen molar-refractivity contribution in [2.45, 2.75) is 19.4 Å². The number of thiophene rings is 1. The maximum Gasteiger partial charge on any atom is 0.244 e. The Morgan fingerprint density at radius 2 is 1.89 bits per heavy atom. The molecule has 1 unspecified atom stereocenters. The molecule has 1 fully saturated rings. The SMILES string of the molecule is CC/C(=C\C(=O)NCC(c1cccs1)N1CCN(C)CC1)c1ccccc1. The Kier molecular flexibility index (Phi) is 7.21. The minimum Gasteiger partial charge on any atom is -0.351 e. The highest BCUT2D eigenvalue weighted by molar-refractivity contribution is 7.10. The summed E-state index contributed by atoms with van der Waals surface area (Å²) >= 11 is 1.77. The summed E-state index contributed by atoms with van der Waals surface area (Å²) in [5.74, 6) is -0.00798. The number of piperazine rings is 1. The fraction of sp³-hybridized carbons (Fsp3) is 0.409. The zero-order valence-electron chi connectivity index (χ0n) is 16.2. The third-order valence-corrected chi connectivity index (χ3v) is 6.12. The first-order valence-electron chi connectivity index (χ1n) is 9.67. The Bertz CT molecular complexity index is 734. The van der Waals surface area contributed by atoms with Gasteiger partial charge in [-0.2, -0.15) is 0 Å². The normalized spacial score (nSPS) is 17.6. The Labute approximate surface area is 166 Å². The maximum absolute atomic E-state index is 12.6. The van der Waals surface area contributed by atoms with Crippen LogP contribution in [0.4, 0.5) is 0 Å². The van der Waals surface area contributed by atoms with Gasteiger partial charge in [-0.15, -0.1) is 11.3 Å². The number of carbonyl (C=O) groups excluding carboxylic acids is 1. The summed E-state index contributed by atoms with van der Waals surface area (Å²) in [6.45, 7) is 6.95. The average Bonchev–Trinajstić information content (AvgIpc) is 3.23. The van der Waals surface area contributed by atoms with E-state index in [1.165, 1.54) is 4.88 Å². The number of nitrogens with one attached hydrogen (secondary N) is 1. The van der Waals surface area contributed by atoms with Gasteiger partial charge in [0.15, 0.2) is 0 Å². The van der Waals surface area contributed by atoms with E-state index in [-0.39, 0.29) is 11.9 Å². The minimum absolute atomic E-state index is 0.00798. The molecule has 2 aromatic rings. The summed E-state index contributed by atoms with van der Waals surface area (Å²) in [5, 5.41) is 5.27. The number of rotatable bonds is 7. The molecule has 1 saturated heterocycles. The third-order valence-electron chi connectivity index (χ3n) is 5.15. The number of carbonyl (C=O) groups is 1. The zero-order valence-corrected chi connectivity index (χ0v) is 17.0. The van der Waals surface area contributed by atoms with E-state index >= 15 is 0 Å². The summed E-state index contributed by atoms with van der Waals surface area (Å²) in [5.41, 5.74) is 2.18. The number of hydrogen-bond acceptors (Lipinski definition) is 4. The van der Waals surface area contributed by atoms with Crippen molar-refractivity contribution >= 4 is 22.8 Å². The largest absolute Gasteiger partial charge is 0.351 e. The predicted molar refractivity (Wildman–Crippen MR) is 114 cm³/mol. The van der Waals surface area contributed by atoms with Gasteiger partial charge in [0, 0.05) is 43.7 Å². The number of likely N-dealkylation sites (N-methyl/N-ethyl adjacent to an activating group) is 1. The minimum atomic E-state index is -0.00798. The molecule has 0 radical (unpaired) electrons. The van der Waals surface area contributed by atoms with Crippen LogP contribution >= 0.6 is 11.3 Å². The van der Waals surface area contributed by atoms with Crippen LogP contribution in [0.2, 0.25) is 0 Å². The first-order valence-corrected chi connectivity index (χ1v) is 10.5. The van der Waals surface area contributed by atoms with E-state index in [9.17, 15) is 4.79 Å². The van der Waals surface area contributed by atoms with E-state index in [0.717, 1.165) is 43.7 Å². The molecule has 1 atom stereocenters. The molecule has 1 aliphatic rings. The van der Waals surface area contributed by atoms with Crippen molar-refractivity contribution < 1.29 is 4.79 Å². The number of benzene rings is 1. The van der Waals surface area contributed by atoms with E-state index in [1.807, 2.05) is 18.2 Å². The van der Waals surface area contributed by atoms with E-state index in [1.54, 1.807) is 17.4 Å². The second-order valence-electron chi connectivity index (χ2n) is 7.00. The van der Waals surface area contributed by atoms with Gasteiger partial charge < -0.3 is 10.2 Å². The highest BCUT2D eigenvalue weighted by atomic mass is 32.1. The average molecular weight is 384 g/mol. The molecule has 27 heavy (non-hydrogen) atoms. The first kappa shape index (κ1) is 19.8. The second-order valence-corrected chi connectivity index (χ2v) is 7.98. The monoisotopic (exact) mass is 383 g/mol. The van der Waals surface area contributed by atoms with Crippen molar-refractivity contribution in [3.8, 4) is 0 Å². The van der Waals surface area contributed by atoms with E-state index in [2.05, 4.69) is 58.7 Å². The lowest BCUT2D eigenvalue weighted by atomic mass is 10.0. The van der Waals surface area contributed by atoms with Crippen molar-refractivity contribution in [2.24, 2.45) is 0 Å². The standard InChI is InChI=1S/C22H29N3OS/c1-3-18(19-8-5-4-6-9-19)16-22(26)23-17-20(21-10-7-15-27-21)25-13-11-24(2)12-14-25/h4-10,15-16,20H,3,11-14,17H2,1-2H3,(H,23,26)/b18-16+. The molecule has 0 saturated carbocycles. The summed E-state index contributed by atoms with van der Waals surface area (Å²) < 4.78 is 0. The molecule has 1 amide bonds. The molecule has 1 aromatic carbocycles. The van der Waals surface area contributed by atoms with Crippen LogP contribution in [0.25, 0.3) is 5.57 Å². The van der Waals surface area contributed by atoms with Crippen molar-refractivity contribution in [1.29, 1.82) is 0 Å². The molecule has 1 aliphatic heterocycles. The smallest absolute Gasteiger partial charge is 0.244 e. The summed E-state index contributed by atoms with van der Waals surface area (Å²) in [7, 11) is 2.17. The molecular formula is C22H29N3OS. The fourth-order valence-corrected chi connectivity index (χ4v) is 4.33. The van der Waals surface area contributed by atoms with Gasteiger partial charge in [0.25, 0.3) is 0 Å². The van der Waals surface area contributed by atoms with Gasteiger partial charge in [-0.05, 0) is 36.1 Å². The summed E-state index contributed by atoms with van der Waals surface area (Å²) in [6.07, 6.45) is 2.59. The lowest BCUT2D eigenvalue weighted by Gasteiger charge is -2.37. The zero-order chi connectivity index (χ0) is 19.1. The summed E-state index contributed by atoms with van der Waals surface area (Å²) in [4.78, 5) is 18.8. The van der Waals surface area contributed by atoms with Crippen LogP contribution in [-0.2, 0) is 4.79 Å². The van der Waals surface area contributed by atoms with Crippen molar-refractivity contribution in [3.05, 3.63) is 64.4 Å². The first-order chi connectivity index (χ1) is 13.2. The molecule has 5 heteroatoms. The van der Waals surface area contributed by atoms with Crippen LogP contribution < -0.4 is 5.32 Å². The number of amides is 1. The van der Waals surface area contributed by atoms with Crippen LogP contribution in [0.1, 0.15) is 29.8 Å². The molecule has 1 N–H and O–H groups in total. The lowest BCUT2D eigenvalue weighted by Crippen LogP contribution is -2.48. The third kappa shape index (κ3) is 5.51. The summed E-state index contributed by atoms with van der Waals surface area (Å²) in [6, 6.07) is 14.7. The van der Waals surface area contributed by atoms with E-state index < -0.39 is 0 Å². The fourth-order valence-electron chi connectivity index (χ4n) is 3.47. The highest BCUT2D eigenvalue weighted by Crippen LogP contribution is 2.25. The van der Waals surface area contributed by atoms with Crippen molar-refractivity contribution in [3.63, 3.8) is 0 Å². The quantitative estimate of drug-likeness (QED) is 0.742. The van der Waals surface area contributed by atoms with Crippen LogP contribution in [0.15, 0.2) is 53.9 Å². The number of hydrogen-bond donors (Lipinski definition) is 1. The van der Waals surface area contributed by atoms with Gasteiger partial charge in [-0.1, -0.05) is 43.3 Å². The van der Waals surface area contributed by atoms with Gasteiger partial charge in [0.2, 0.25) is 5.91 Å². The van der Waals surface area contributed by atoms with Crippen LogP contribution in [-0.4, -0.2) is 55.5 Å². The molecule has 0 bridgehead atoms. The second kappa shape index (κ2) is 9.83. The van der Waals surface area contributed by atoms with E-state index in [4.69, 9.17) is 0 Å². The number of nitrogens with zero attached hydrogens (tertiary/aromatic N) is 2. The highest BCUT2D eigenvalue weighted by Gasteiger charge is 2.24. The molecular weight excluding hydrogens is 354 g/mol. The van der Waals surface area contributed by atoms with Gasteiger partial charge in [0.05, 0.1) is 6.04 Å². The van der Waals surface area contributed by atoms with Crippen LogP contribution in [0.3, 0.4) is 0 Å². The number of allylic oxidation sites excluding steroid dienone is 1. The Balaban J connectivity index is 1.66. The van der Waals surface area contributed by atoms with Crippen molar-refractivity contribution in [1.82, 2.24) is 15.1 Å². The van der Waals surface area contributed by atoms with Gasteiger partial charge >= 0.3 is 0 Å². The van der Waals surface area contributed by atoms with Crippen molar-refractivity contribution in [2.75, 3.05) is 39.8 Å². The molecule has 4 nitrogen and oxygen atoms in total. The Morgan fingerprint density at radius 1 is 1.15 bits per heavy atom. The molecule has 144 valence electrons. The molecule has 1 aromatic heterocycles. The van der Waals surface area contributed by atoms with Gasteiger partial charge in [-0.3, -0.25) is 9.69 Å². The van der Waals surface area contributed by atoms with E-state index in [0.29, 0.717) is 6.54 Å². The van der Waals surface area contributed by atoms with Crippen LogP contribution in [0, 0.1) is 0 Å². The topological polar surface area (TPSA) is 35.6 Å². The van der Waals surface area contributed by atoms with Gasteiger partial charge in [0.1, 0.15) is 0 Å². The van der Waals surface area contributed by atoms with Gasteiger partial charge in [-0.25, -0.2) is 0 Å². The Hall–Kier alpha value is -1.95. The molecule has 0 aliphatic carbocycles. The molecule has 2 heterocycles. The predicted octanol–water partition coefficient (Wildman–Crippen LogP) is 3.65. The molecule has 3 rings (SSSR count). The maximum atomic E-state index is 12.6. The lowest BCUT2D eigenvalue weighted by molar-refractivity contribution is -0.116.